The number of fused-ring (bicyclic) bond motifs is 1. The van der Waals surface area contributed by atoms with E-state index in [2.05, 4.69) is 10.3 Å². The van der Waals surface area contributed by atoms with Crippen LogP contribution in [0.2, 0.25) is 10.0 Å². The number of nitrogens with zero attached hydrogens (tertiary/aromatic N) is 3. The molecule has 0 aliphatic rings. The lowest BCUT2D eigenvalue weighted by atomic mass is 10.1. The van der Waals surface area contributed by atoms with Crippen LogP contribution in [0.25, 0.3) is 16.6 Å². The summed E-state index contributed by atoms with van der Waals surface area (Å²) >= 11 is 13.4. The molecule has 0 spiro atoms. The normalized spacial score (nSPS) is 11.1. The van der Waals surface area contributed by atoms with Crippen molar-refractivity contribution in [2.24, 2.45) is 0 Å². The van der Waals surface area contributed by atoms with E-state index >= 15 is 0 Å². The molecular formula is C24H20Cl2N4O2S. The highest BCUT2D eigenvalue weighted by atomic mass is 35.5. The number of benzene rings is 2. The second-order valence-corrected chi connectivity index (χ2v) is 9.30. The van der Waals surface area contributed by atoms with Crippen LogP contribution in [0.5, 0.6) is 0 Å². The van der Waals surface area contributed by atoms with E-state index in [1.165, 1.54) is 18.0 Å². The number of anilines is 1. The van der Waals surface area contributed by atoms with Crippen molar-refractivity contribution in [3.05, 3.63) is 85.8 Å². The number of hydrogen-bond acceptors (Lipinski definition) is 5. The largest absolute Gasteiger partial charge is 0.309 e. The number of thioether (sulfide) groups is 1. The first-order valence-electron chi connectivity index (χ1n) is 10.1. The monoisotopic (exact) mass is 498 g/mol. The molecule has 9 heteroatoms. The third-order valence-corrected chi connectivity index (χ3v) is 6.93. The summed E-state index contributed by atoms with van der Waals surface area (Å²) in [7, 11) is 0. The van der Waals surface area contributed by atoms with Gasteiger partial charge in [-0.3, -0.25) is 14.2 Å². The van der Waals surface area contributed by atoms with E-state index in [1.54, 1.807) is 23.6 Å². The predicted molar refractivity (Wildman–Crippen MR) is 135 cm³/mol. The number of para-hydroxylation sites is 1. The fourth-order valence-electron chi connectivity index (χ4n) is 3.32. The lowest BCUT2D eigenvalue weighted by Crippen LogP contribution is -2.23. The van der Waals surface area contributed by atoms with Gasteiger partial charge in [0.1, 0.15) is 0 Å². The Hall–Kier alpha value is -2.87. The number of aromatic nitrogens is 3. The zero-order chi connectivity index (χ0) is 23.7. The number of amides is 1. The molecule has 0 radical (unpaired) electrons. The number of carbonyl (C=O) groups excluding carboxylic acids is 1. The van der Waals surface area contributed by atoms with Crippen molar-refractivity contribution >= 4 is 57.6 Å². The van der Waals surface area contributed by atoms with Gasteiger partial charge in [0.25, 0.3) is 5.56 Å². The van der Waals surface area contributed by atoms with E-state index in [9.17, 15) is 9.59 Å². The fraction of sp³-hybridized carbons (Fsp3) is 0.167. The van der Waals surface area contributed by atoms with Crippen LogP contribution in [0, 0.1) is 20.8 Å². The number of aryl methyl sites for hydroxylation is 2. The topological polar surface area (TPSA) is 76.9 Å². The molecular weight excluding hydrogens is 479 g/mol. The third kappa shape index (κ3) is 4.76. The SMILES string of the molecule is Cc1ccc(C)c(-n2c(SCC(=O)Nc3ncc(Cl)c(C)c3Cl)nc3ccccc3c2=O)c1. The van der Waals surface area contributed by atoms with Crippen molar-refractivity contribution in [1.82, 2.24) is 14.5 Å². The average Bonchev–Trinajstić information content (AvgIpc) is 2.80. The van der Waals surface area contributed by atoms with Gasteiger partial charge < -0.3 is 5.32 Å². The van der Waals surface area contributed by atoms with Crippen molar-refractivity contribution in [2.45, 2.75) is 25.9 Å². The van der Waals surface area contributed by atoms with Gasteiger partial charge >= 0.3 is 0 Å². The molecule has 2 aromatic heterocycles. The van der Waals surface area contributed by atoms with Gasteiger partial charge in [0, 0.05) is 6.20 Å². The Labute approximate surface area is 205 Å². The number of nitrogens with one attached hydrogen (secondary N) is 1. The minimum absolute atomic E-state index is 0.00925. The number of rotatable bonds is 5. The van der Waals surface area contributed by atoms with Crippen LogP contribution >= 0.6 is 35.0 Å². The molecule has 0 saturated carbocycles. The van der Waals surface area contributed by atoms with Crippen molar-refractivity contribution in [3.63, 3.8) is 0 Å². The van der Waals surface area contributed by atoms with E-state index in [0.29, 0.717) is 26.6 Å². The summed E-state index contributed by atoms with van der Waals surface area (Å²) in [5, 5.41) is 4.35. The Kier molecular flexibility index (Phi) is 6.74. The second kappa shape index (κ2) is 9.55. The molecule has 1 N–H and O–H groups in total. The van der Waals surface area contributed by atoms with Gasteiger partial charge in [0.15, 0.2) is 11.0 Å². The highest BCUT2D eigenvalue weighted by Crippen LogP contribution is 2.29. The molecule has 0 unspecified atom stereocenters. The maximum atomic E-state index is 13.4. The Balaban J connectivity index is 1.70. The zero-order valence-corrected chi connectivity index (χ0v) is 20.5. The van der Waals surface area contributed by atoms with Gasteiger partial charge in [-0.25, -0.2) is 9.97 Å². The number of carbonyl (C=O) groups is 1. The average molecular weight is 499 g/mol. The molecule has 168 valence electrons. The Morgan fingerprint density at radius 1 is 1.12 bits per heavy atom. The molecule has 0 fully saturated rings. The molecule has 2 heterocycles. The first kappa shape index (κ1) is 23.3. The van der Waals surface area contributed by atoms with Gasteiger partial charge in [-0.15, -0.1) is 0 Å². The van der Waals surface area contributed by atoms with Crippen molar-refractivity contribution in [3.8, 4) is 5.69 Å². The summed E-state index contributed by atoms with van der Waals surface area (Å²) in [5.41, 5.74) is 3.71. The Morgan fingerprint density at radius 3 is 2.67 bits per heavy atom. The maximum absolute atomic E-state index is 13.4. The first-order valence-corrected chi connectivity index (χ1v) is 11.8. The van der Waals surface area contributed by atoms with Gasteiger partial charge in [0.05, 0.1) is 32.4 Å². The fourth-order valence-corrected chi connectivity index (χ4v) is 4.52. The number of pyridine rings is 1. The zero-order valence-electron chi connectivity index (χ0n) is 18.1. The van der Waals surface area contributed by atoms with Gasteiger partial charge in [0.2, 0.25) is 5.91 Å². The highest BCUT2D eigenvalue weighted by molar-refractivity contribution is 7.99. The molecule has 0 saturated heterocycles. The lowest BCUT2D eigenvalue weighted by Gasteiger charge is -2.16. The molecule has 4 rings (SSSR count). The van der Waals surface area contributed by atoms with E-state index < -0.39 is 0 Å². The van der Waals surface area contributed by atoms with Crippen LogP contribution < -0.4 is 10.9 Å². The smallest absolute Gasteiger partial charge is 0.266 e. The predicted octanol–water partition coefficient (Wildman–Crippen LogP) is 5.74. The maximum Gasteiger partial charge on any atom is 0.266 e. The minimum atomic E-state index is -0.328. The molecule has 6 nitrogen and oxygen atoms in total. The molecule has 0 aliphatic heterocycles. The van der Waals surface area contributed by atoms with Crippen molar-refractivity contribution in [2.75, 3.05) is 11.1 Å². The quantitative estimate of drug-likeness (QED) is 0.280. The molecule has 2 aromatic carbocycles. The van der Waals surface area contributed by atoms with Crippen LogP contribution in [0.3, 0.4) is 0 Å². The van der Waals surface area contributed by atoms with E-state index in [1.807, 2.05) is 44.2 Å². The summed E-state index contributed by atoms with van der Waals surface area (Å²) in [6, 6.07) is 13.1. The van der Waals surface area contributed by atoms with Crippen molar-refractivity contribution < 1.29 is 4.79 Å². The van der Waals surface area contributed by atoms with Crippen LogP contribution in [-0.2, 0) is 4.79 Å². The minimum Gasteiger partial charge on any atom is -0.309 e. The van der Waals surface area contributed by atoms with Crippen LogP contribution in [0.15, 0.2) is 58.6 Å². The molecule has 4 aromatic rings. The van der Waals surface area contributed by atoms with Gasteiger partial charge in [-0.2, -0.15) is 0 Å². The standard InChI is InChI=1S/C24H20Cl2N4O2S/c1-13-8-9-14(2)19(10-13)30-23(32)16-6-4-5-7-18(16)28-24(30)33-12-20(31)29-22-21(26)15(3)17(25)11-27-22/h4-11H,12H2,1-3H3,(H,27,29,31). The summed E-state index contributed by atoms with van der Waals surface area (Å²) in [4.78, 5) is 34.9. The summed E-state index contributed by atoms with van der Waals surface area (Å²) < 4.78 is 1.57. The van der Waals surface area contributed by atoms with E-state index in [0.717, 1.165) is 16.8 Å². The molecule has 1 amide bonds. The lowest BCUT2D eigenvalue weighted by molar-refractivity contribution is -0.113. The summed E-state index contributed by atoms with van der Waals surface area (Å²) in [6.07, 6.45) is 1.44. The van der Waals surface area contributed by atoms with Crippen molar-refractivity contribution in [1.29, 1.82) is 0 Å². The molecule has 0 aliphatic carbocycles. The molecule has 33 heavy (non-hydrogen) atoms. The number of hydrogen-bond donors (Lipinski definition) is 1. The van der Waals surface area contributed by atoms with E-state index in [-0.39, 0.29) is 28.1 Å². The van der Waals surface area contributed by atoms with Crippen LogP contribution in [-0.4, -0.2) is 26.2 Å². The molecule has 0 atom stereocenters. The highest BCUT2D eigenvalue weighted by Gasteiger charge is 2.17. The Bertz CT molecular complexity index is 1450. The molecule has 0 bridgehead atoms. The van der Waals surface area contributed by atoms with E-state index in [4.69, 9.17) is 28.2 Å². The summed E-state index contributed by atoms with van der Waals surface area (Å²) in [5.74, 6) is -0.0800. The third-order valence-electron chi connectivity index (χ3n) is 5.14. The van der Waals surface area contributed by atoms with Crippen LogP contribution in [0.1, 0.15) is 16.7 Å². The second-order valence-electron chi connectivity index (χ2n) is 7.57. The van der Waals surface area contributed by atoms with Crippen LogP contribution in [0.4, 0.5) is 5.82 Å². The Morgan fingerprint density at radius 2 is 1.88 bits per heavy atom. The van der Waals surface area contributed by atoms with Gasteiger partial charge in [-0.05, 0) is 55.7 Å². The first-order chi connectivity index (χ1) is 15.8. The van der Waals surface area contributed by atoms with Gasteiger partial charge in [-0.1, -0.05) is 59.2 Å². The number of halogens is 2. The summed E-state index contributed by atoms with van der Waals surface area (Å²) in [6.45, 7) is 5.65.